The van der Waals surface area contributed by atoms with Crippen molar-refractivity contribution in [1.82, 2.24) is 42.5 Å². The molecule has 1 aromatic rings. The first kappa shape index (κ1) is 68.4. The molecule has 29 nitrogen and oxygen atoms in total. The van der Waals surface area contributed by atoms with Gasteiger partial charge in [0, 0.05) is 25.8 Å². The Hall–Kier alpha value is -7.60. The van der Waals surface area contributed by atoms with E-state index in [2.05, 4.69) is 47.5 Å². The molecule has 30 heteroatoms. The van der Waals surface area contributed by atoms with E-state index in [4.69, 9.17) is 28.0 Å². The number of aliphatic imine (C=N–C) groups is 1. The van der Waals surface area contributed by atoms with E-state index < -0.39 is 157 Å². The molecule has 0 aliphatic rings. The Kier molecular flexibility index (Phi) is 32.0. The number of carbonyl (C=O) groups is 12. The normalized spacial score (nSPS) is 14.4. The zero-order valence-electron chi connectivity index (χ0n) is 44.1. The molecule has 78 heavy (non-hydrogen) atoms. The van der Waals surface area contributed by atoms with Gasteiger partial charge in [-0.05, 0) is 88.3 Å². The second kappa shape index (κ2) is 36.4. The van der Waals surface area contributed by atoms with Gasteiger partial charge >= 0.3 is 23.9 Å². The van der Waals surface area contributed by atoms with E-state index in [1.54, 1.807) is 50.4 Å². The number of amides is 8. The first-order chi connectivity index (χ1) is 36.7. The van der Waals surface area contributed by atoms with Crippen LogP contribution in [0.25, 0.3) is 0 Å². The van der Waals surface area contributed by atoms with Crippen LogP contribution in [-0.2, 0) is 64.0 Å². The van der Waals surface area contributed by atoms with Crippen LogP contribution in [0.1, 0.15) is 97.0 Å². The smallest absolute Gasteiger partial charge is 0.326 e. The number of thioether (sulfide) groups is 1. The number of nitrogens with two attached hydrogens (primary N) is 4. The number of hydrogen-bond acceptors (Lipinski definition) is 16. The summed E-state index contributed by atoms with van der Waals surface area (Å²) in [6.45, 7) is 4.62. The van der Waals surface area contributed by atoms with Crippen LogP contribution in [0.5, 0.6) is 0 Å². The molecule has 0 spiro atoms. The standard InChI is InChI=1S/C48H77N13O16S/c1-25(2)38(61-40(69)28(50)15-17-35(62)63)46(75)57-29(13-8-9-20-49)41(70)56-31(19-22-78-4)43(72)60-34(24-37(66)67)44(73)54-26(3)39(68)55-30(16-18-36(64)65)42(71)59-33(23-27-11-6-5-7-12-27)45(74)58-32(47(76)77)14-10-21-53-48(51)52/h5-7,11-12,25-26,28-34,38H,8-10,13-24,49-50H2,1-4H3,(H,54,73)(H,55,68)(H,56,70)(H,57,75)(H,58,74)(H,59,71)(H,60,72)(H,61,69)(H,62,63)(H,64,65)(H,66,67)(H,76,77)(H4,51,52,53)/t26-,28-,29-,30-,31-,32-,33-,34-,38-/m0/s1. The maximum Gasteiger partial charge on any atom is 0.326 e. The lowest BCUT2D eigenvalue weighted by molar-refractivity contribution is -0.143. The van der Waals surface area contributed by atoms with Gasteiger partial charge in [-0.2, -0.15) is 11.8 Å². The lowest BCUT2D eigenvalue weighted by Crippen LogP contribution is -2.60. The number of nitrogens with one attached hydrogen (secondary N) is 8. The van der Waals surface area contributed by atoms with E-state index in [1.807, 2.05) is 0 Å². The zero-order valence-corrected chi connectivity index (χ0v) is 44.9. The molecule has 0 saturated heterocycles. The third kappa shape index (κ3) is 27.4. The Morgan fingerprint density at radius 2 is 1.03 bits per heavy atom. The van der Waals surface area contributed by atoms with Crippen LogP contribution in [0, 0.1) is 5.92 Å². The van der Waals surface area contributed by atoms with Gasteiger partial charge in [0.25, 0.3) is 0 Å². The number of guanidine groups is 1. The van der Waals surface area contributed by atoms with E-state index in [0.29, 0.717) is 18.4 Å². The van der Waals surface area contributed by atoms with Crippen LogP contribution < -0.4 is 65.5 Å². The molecule has 1 rings (SSSR count). The molecular formula is C48H77N13O16S. The molecule has 0 bridgehead atoms. The second-order valence-corrected chi connectivity index (χ2v) is 19.4. The molecule has 0 aliphatic carbocycles. The molecule has 0 fully saturated rings. The number of nitrogens with zero attached hydrogens (tertiary/aromatic N) is 1. The minimum atomic E-state index is -1.89. The number of benzene rings is 1. The average Bonchev–Trinajstić information content (AvgIpc) is 3.36. The van der Waals surface area contributed by atoms with Crippen LogP contribution in [0.2, 0.25) is 0 Å². The van der Waals surface area contributed by atoms with Crippen LogP contribution >= 0.6 is 11.8 Å². The quantitative estimate of drug-likeness (QED) is 0.0172. The third-order valence-corrected chi connectivity index (χ3v) is 12.2. The molecule has 0 saturated carbocycles. The summed E-state index contributed by atoms with van der Waals surface area (Å²) in [6, 6.07) is -5.15. The van der Waals surface area contributed by atoms with Gasteiger partial charge in [-0.1, -0.05) is 44.2 Å². The summed E-state index contributed by atoms with van der Waals surface area (Å²) in [5.74, 6) is -13.9. The lowest BCUT2D eigenvalue weighted by atomic mass is 10.0. The van der Waals surface area contributed by atoms with Crippen LogP contribution in [-0.4, -0.2) is 177 Å². The molecule has 0 radical (unpaired) electrons. The summed E-state index contributed by atoms with van der Waals surface area (Å²) < 4.78 is 0. The predicted octanol–water partition coefficient (Wildman–Crippen LogP) is -3.66. The second-order valence-electron chi connectivity index (χ2n) is 18.4. The first-order valence-corrected chi connectivity index (χ1v) is 26.4. The van der Waals surface area contributed by atoms with Gasteiger partial charge < -0.3 is 85.9 Å². The van der Waals surface area contributed by atoms with E-state index in [1.165, 1.54) is 11.8 Å². The highest BCUT2D eigenvalue weighted by molar-refractivity contribution is 7.98. The van der Waals surface area contributed by atoms with Gasteiger partial charge in [0.1, 0.15) is 48.3 Å². The van der Waals surface area contributed by atoms with Crippen molar-refractivity contribution in [1.29, 1.82) is 0 Å². The Labute approximate surface area is 455 Å². The zero-order chi connectivity index (χ0) is 59.1. The molecule has 0 heterocycles. The highest BCUT2D eigenvalue weighted by atomic mass is 32.2. The van der Waals surface area contributed by atoms with E-state index in [9.17, 15) is 72.9 Å². The number of carbonyl (C=O) groups excluding carboxylic acids is 8. The first-order valence-electron chi connectivity index (χ1n) is 25.1. The van der Waals surface area contributed by atoms with Crippen molar-refractivity contribution in [3.63, 3.8) is 0 Å². The number of rotatable bonds is 39. The summed E-state index contributed by atoms with van der Waals surface area (Å²) in [5.41, 5.74) is 22.7. The summed E-state index contributed by atoms with van der Waals surface area (Å²) >= 11 is 1.27. The van der Waals surface area contributed by atoms with Crippen molar-refractivity contribution in [2.24, 2.45) is 33.8 Å². The number of carboxylic acid groups (broad SMARTS) is 4. The van der Waals surface area contributed by atoms with Crippen molar-refractivity contribution < 1.29 is 78.0 Å². The molecule has 20 N–H and O–H groups in total. The lowest BCUT2D eigenvalue weighted by Gasteiger charge is -2.28. The fourth-order valence-corrected chi connectivity index (χ4v) is 7.71. The third-order valence-electron chi connectivity index (χ3n) is 11.6. The summed E-state index contributed by atoms with van der Waals surface area (Å²) in [4.78, 5) is 160. The van der Waals surface area contributed by atoms with Gasteiger partial charge in [0.15, 0.2) is 5.96 Å². The van der Waals surface area contributed by atoms with Crippen molar-refractivity contribution >= 4 is 88.9 Å². The van der Waals surface area contributed by atoms with Crippen molar-refractivity contribution in [2.45, 2.75) is 152 Å². The van der Waals surface area contributed by atoms with E-state index in [-0.39, 0.29) is 63.3 Å². The maximum absolute atomic E-state index is 13.9. The minimum absolute atomic E-state index is 0.00577. The Morgan fingerprint density at radius 3 is 1.56 bits per heavy atom. The summed E-state index contributed by atoms with van der Waals surface area (Å²) in [7, 11) is 0. The molecule has 436 valence electrons. The number of unbranched alkanes of at least 4 members (excludes halogenated alkanes) is 1. The topological polar surface area (TPSA) is 498 Å². The molecule has 8 amide bonds. The van der Waals surface area contributed by atoms with E-state index >= 15 is 0 Å². The highest BCUT2D eigenvalue weighted by Gasteiger charge is 2.35. The number of carboxylic acids is 4. The number of hydrogen-bond donors (Lipinski definition) is 16. The molecule has 0 aromatic heterocycles. The average molecular weight is 1120 g/mol. The van der Waals surface area contributed by atoms with Crippen LogP contribution in [0.3, 0.4) is 0 Å². The SMILES string of the molecule is CSCC[C@H](NC(=O)[C@H](CCCCN)NC(=O)[C@@H](NC(=O)[C@@H](N)CCC(=O)O)C(C)C)C(=O)N[C@@H](CC(=O)O)C(=O)N[C@@H](C)C(=O)N[C@@H](CCC(=O)O)C(=O)N[C@@H](Cc1ccccc1)C(=O)N[C@@H](CCCN=C(N)N)C(=O)O. The maximum atomic E-state index is 13.9. The van der Waals surface area contributed by atoms with Gasteiger partial charge in [-0.15, -0.1) is 0 Å². The molecule has 0 aliphatic heterocycles. The van der Waals surface area contributed by atoms with Gasteiger partial charge in [-0.3, -0.25) is 57.7 Å². The molecule has 0 unspecified atom stereocenters. The monoisotopic (exact) mass is 1120 g/mol. The molecule has 1 aromatic carbocycles. The summed E-state index contributed by atoms with van der Waals surface area (Å²) in [6.07, 6.45) is -0.684. The van der Waals surface area contributed by atoms with Crippen molar-refractivity contribution in [2.75, 3.05) is 25.1 Å². The molecule has 9 atom stereocenters. The van der Waals surface area contributed by atoms with Crippen LogP contribution in [0.4, 0.5) is 0 Å². The number of aliphatic carboxylic acids is 4. The van der Waals surface area contributed by atoms with E-state index in [0.717, 1.165) is 6.92 Å². The Balaban J connectivity index is 3.38. The van der Waals surface area contributed by atoms with Crippen LogP contribution in [0.15, 0.2) is 35.3 Å². The fourth-order valence-electron chi connectivity index (χ4n) is 7.24. The minimum Gasteiger partial charge on any atom is -0.481 e. The van der Waals surface area contributed by atoms with Gasteiger partial charge in [-0.25, -0.2) is 4.79 Å². The van der Waals surface area contributed by atoms with Crippen molar-refractivity contribution in [3.8, 4) is 0 Å². The Bertz CT molecular complexity index is 2240. The van der Waals surface area contributed by atoms with Crippen molar-refractivity contribution in [3.05, 3.63) is 35.9 Å². The predicted molar refractivity (Wildman–Crippen MR) is 284 cm³/mol. The highest BCUT2D eigenvalue weighted by Crippen LogP contribution is 2.12. The fraction of sp³-hybridized carbons (Fsp3) is 0.604. The largest absolute Gasteiger partial charge is 0.481 e. The summed E-state index contributed by atoms with van der Waals surface area (Å²) in [5, 5.41) is 57.4. The Morgan fingerprint density at radius 1 is 0.538 bits per heavy atom. The van der Waals surface area contributed by atoms with Gasteiger partial charge in [0.05, 0.1) is 12.5 Å². The van der Waals surface area contributed by atoms with Gasteiger partial charge in [0.2, 0.25) is 47.3 Å². The molecular weight excluding hydrogens is 1050 g/mol.